The van der Waals surface area contributed by atoms with Crippen LogP contribution in [0, 0.1) is 0 Å². The van der Waals surface area contributed by atoms with Gasteiger partial charge in [0.25, 0.3) is 0 Å². The molecule has 3 aromatic rings. The van der Waals surface area contributed by atoms with Crippen LogP contribution in [0.15, 0.2) is 59.5 Å². The van der Waals surface area contributed by atoms with Gasteiger partial charge in [-0.05, 0) is 17.7 Å². The average molecular weight is 237 g/mol. The molecule has 0 saturated heterocycles. The minimum atomic E-state index is 0.0490. The molecular formula is C15H11NO2. The van der Waals surface area contributed by atoms with Gasteiger partial charge in [-0.1, -0.05) is 24.3 Å². The zero-order valence-corrected chi connectivity index (χ0v) is 9.67. The van der Waals surface area contributed by atoms with Gasteiger partial charge >= 0.3 is 0 Å². The monoisotopic (exact) mass is 237 g/mol. The number of Topliss-reactive ketones (excluding diaryl/α,β-unsaturated/α-hetero) is 1. The number of nitrogens with zero attached hydrogens (tertiary/aromatic N) is 1. The second-order valence-corrected chi connectivity index (χ2v) is 4.11. The molecule has 0 atom stereocenters. The number of benzene rings is 1. The number of aromatic nitrogens is 1. The third-order valence-electron chi connectivity index (χ3n) is 2.87. The number of fused-ring (bicyclic) bond motifs is 1. The van der Waals surface area contributed by atoms with E-state index in [-0.39, 0.29) is 5.78 Å². The lowest BCUT2D eigenvalue weighted by atomic mass is 10.0. The summed E-state index contributed by atoms with van der Waals surface area (Å²) in [6.45, 7) is 0. The maximum Gasteiger partial charge on any atom is 0.171 e. The molecule has 18 heavy (non-hydrogen) atoms. The second-order valence-electron chi connectivity index (χ2n) is 4.11. The van der Waals surface area contributed by atoms with E-state index in [4.69, 9.17) is 4.42 Å². The van der Waals surface area contributed by atoms with Crippen molar-refractivity contribution in [1.29, 1.82) is 0 Å². The zero-order valence-electron chi connectivity index (χ0n) is 9.67. The van der Waals surface area contributed by atoms with E-state index < -0.39 is 0 Å². The summed E-state index contributed by atoms with van der Waals surface area (Å²) in [4.78, 5) is 16.2. The van der Waals surface area contributed by atoms with Crippen molar-refractivity contribution in [3.05, 3.63) is 66.2 Å². The maximum absolute atomic E-state index is 12.2. The second kappa shape index (κ2) is 4.45. The normalized spacial score (nSPS) is 10.7. The highest BCUT2D eigenvalue weighted by Crippen LogP contribution is 2.22. The molecule has 0 saturated carbocycles. The fourth-order valence-corrected chi connectivity index (χ4v) is 1.98. The molecule has 2 aromatic heterocycles. The molecule has 0 N–H and O–H groups in total. The first kappa shape index (κ1) is 10.7. The van der Waals surface area contributed by atoms with E-state index in [1.807, 2.05) is 36.4 Å². The Balaban J connectivity index is 1.93. The molecule has 0 radical (unpaired) electrons. The number of rotatable bonds is 3. The number of hydrogen-bond donors (Lipinski definition) is 0. The first-order valence-electron chi connectivity index (χ1n) is 5.73. The largest absolute Gasteiger partial charge is 0.464 e. The summed E-state index contributed by atoms with van der Waals surface area (Å²) in [5.41, 5.74) is 2.29. The first-order valence-corrected chi connectivity index (χ1v) is 5.73. The van der Waals surface area contributed by atoms with E-state index in [1.54, 1.807) is 12.4 Å². The summed E-state index contributed by atoms with van der Waals surface area (Å²) in [6, 6.07) is 11.3. The Morgan fingerprint density at radius 1 is 1.17 bits per heavy atom. The lowest BCUT2D eigenvalue weighted by Crippen LogP contribution is -2.02. The predicted octanol–water partition coefficient (Wildman–Crippen LogP) is 3.25. The SMILES string of the molecule is O=C(Cc1cccnc1)c1coc2ccccc12. The van der Waals surface area contributed by atoms with E-state index in [1.165, 1.54) is 6.26 Å². The topological polar surface area (TPSA) is 43.1 Å². The molecule has 3 rings (SSSR count). The van der Waals surface area contributed by atoms with Gasteiger partial charge in [-0.2, -0.15) is 0 Å². The molecule has 1 aromatic carbocycles. The standard InChI is InChI=1S/C15H11NO2/c17-14(8-11-4-3-7-16-9-11)13-10-18-15-6-2-1-5-12(13)15/h1-7,9-10H,8H2. The summed E-state index contributed by atoms with van der Waals surface area (Å²) in [7, 11) is 0. The van der Waals surface area contributed by atoms with Gasteiger partial charge in [-0.3, -0.25) is 9.78 Å². The maximum atomic E-state index is 12.2. The summed E-state index contributed by atoms with van der Waals surface area (Å²) >= 11 is 0. The number of carbonyl (C=O) groups is 1. The molecule has 0 aliphatic heterocycles. The number of ketones is 1. The van der Waals surface area contributed by atoms with Crippen LogP contribution in [-0.2, 0) is 6.42 Å². The Kier molecular flexibility index (Phi) is 2.65. The molecule has 0 amide bonds. The molecule has 3 heteroatoms. The third-order valence-corrected chi connectivity index (χ3v) is 2.87. The van der Waals surface area contributed by atoms with Crippen molar-refractivity contribution in [2.24, 2.45) is 0 Å². The van der Waals surface area contributed by atoms with Gasteiger partial charge in [-0.15, -0.1) is 0 Å². The molecular weight excluding hydrogens is 226 g/mol. The highest BCUT2D eigenvalue weighted by Gasteiger charge is 2.13. The summed E-state index contributed by atoms with van der Waals surface area (Å²) in [5.74, 6) is 0.0490. The molecule has 88 valence electrons. The van der Waals surface area contributed by atoms with Gasteiger partial charge in [0, 0.05) is 24.2 Å². The average Bonchev–Trinajstić information content (AvgIpc) is 2.84. The van der Waals surface area contributed by atoms with Crippen LogP contribution in [-0.4, -0.2) is 10.8 Å². The number of furan rings is 1. The fourth-order valence-electron chi connectivity index (χ4n) is 1.98. The molecule has 0 aliphatic carbocycles. The minimum Gasteiger partial charge on any atom is -0.464 e. The molecule has 0 aliphatic rings. The van der Waals surface area contributed by atoms with Crippen molar-refractivity contribution in [3.63, 3.8) is 0 Å². The quantitative estimate of drug-likeness (QED) is 0.657. The Morgan fingerprint density at radius 3 is 2.89 bits per heavy atom. The molecule has 0 bridgehead atoms. The molecule has 0 spiro atoms. The van der Waals surface area contributed by atoms with E-state index in [0.717, 1.165) is 16.5 Å². The lowest BCUT2D eigenvalue weighted by molar-refractivity contribution is 0.0993. The minimum absolute atomic E-state index is 0.0490. The van der Waals surface area contributed by atoms with Crippen molar-refractivity contribution < 1.29 is 9.21 Å². The summed E-state index contributed by atoms with van der Waals surface area (Å²) in [6.07, 6.45) is 5.28. The predicted molar refractivity (Wildman–Crippen MR) is 68.5 cm³/mol. The van der Waals surface area contributed by atoms with Crippen molar-refractivity contribution in [2.75, 3.05) is 0 Å². The Bertz CT molecular complexity index is 686. The van der Waals surface area contributed by atoms with Crippen molar-refractivity contribution in [3.8, 4) is 0 Å². The Morgan fingerprint density at radius 2 is 2.06 bits per heavy atom. The highest BCUT2D eigenvalue weighted by molar-refractivity contribution is 6.07. The van der Waals surface area contributed by atoms with Crippen LogP contribution < -0.4 is 0 Å². The van der Waals surface area contributed by atoms with Gasteiger partial charge < -0.3 is 4.42 Å². The van der Waals surface area contributed by atoms with Gasteiger partial charge in [0.2, 0.25) is 0 Å². The number of hydrogen-bond acceptors (Lipinski definition) is 3. The van der Waals surface area contributed by atoms with E-state index >= 15 is 0 Å². The van der Waals surface area contributed by atoms with Crippen LogP contribution in [0.4, 0.5) is 0 Å². The molecule has 0 unspecified atom stereocenters. The molecule has 0 fully saturated rings. The van der Waals surface area contributed by atoms with Crippen molar-refractivity contribution in [1.82, 2.24) is 4.98 Å². The van der Waals surface area contributed by atoms with Crippen LogP contribution in [0.1, 0.15) is 15.9 Å². The van der Waals surface area contributed by atoms with Crippen LogP contribution >= 0.6 is 0 Å². The van der Waals surface area contributed by atoms with E-state index in [0.29, 0.717) is 12.0 Å². The van der Waals surface area contributed by atoms with Gasteiger partial charge in [0.15, 0.2) is 5.78 Å². The lowest BCUT2D eigenvalue weighted by Gasteiger charge is -1.98. The zero-order chi connectivity index (χ0) is 12.4. The smallest absolute Gasteiger partial charge is 0.171 e. The van der Waals surface area contributed by atoms with Crippen LogP contribution in [0.25, 0.3) is 11.0 Å². The Hall–Kier alpha value is -2.42. The van der Waals surface area contributed by atoms with Crippen molar-refractivity contribution in [2.45, 2.75) is 6.42 Å². The van der Waals surface area contributed by atoms with Gasteiger partial charge in [0.1, 0.15) is 11.8 Å². The highest BCUT2D eigenvalue weighted by atomic mass is 16.3. The van der Waals surface area contributed by atoms with Crippen LogP contribution in [0.2, 0.25) is 0 Å². The molecule has 2 heterocycles. The fraction of sp³-hybridized carbons (Fsp3) is 0.0667. The van der Waals surface area contributed by atoms with Gasteiger partial charge in [0.05, 0.1) is 5.56 Å². The summed E-state index contributed by atoms with van der Waals surface area (Å²) < 4.78 is 5.37. The molecule has 3 nitrogen and oxygen atoms in total. The van der Waals surface area contributed by atoms with Crippen LogP contribution in [0.5, 0.6) is 0 Å². The Labute approximate surface area is 104 Å². The van der Waals surface area contributed by atoms with Crippen LogP contribution in [0.3, 0.4) is 0 Å². The van der Waals surface area contributed by atoms with Crippen molar-refractivity contribution >= 4 is 16.8 Å². The van der Waals surface area contributed by atoms with E-state index in [2.05, 4.69) is 4.98 Å². The van der Waals surface area contributed by atoms with Gasteiger partial charge in [-0.25, -0.2) is 0 Å². The summed E-state index contributed by atoms with van der Waals surface area (Å²) in [5, 5.41) is 0.867. The third kappa shape index (κ3) is 1.91. The number of carbonyl (C=O) groups excluding carboxylic acids is 1. The number of para-hydroxylation sites is 1. The van der Waals surface area contributed by atoms with E-state index in [9.17, 15) is 4.79 Å². The first-order chi connectivity index (χ1) is 8.84. The number of pyridine rings is 1.